The van der Waals surface area contributed by atoms with Gasteiger partial charge < -0.3 is 14.0 Å². The second-order valence-electron chi connectivity index (χ2n) is 7.49. The number of rotatable bonds is 4. The lowest BCUT2D eigenvalue weighted by molar-refractivity contribution is -0.144. The van der Waals surface area contributed by atoms with E-state index >= 15 is 0 Å². The highest BCUT2D eigenvalue weighted by Crippen LogP contribution is 2.54. The van der Waals surface area contributed by atoms with Crippen LogP contribution in [0.4, 0.5) is 0 Å². The van der Waals surface area contributed by atoms with E-state index in [1.54, 1.807) is 0 Å². The van der Waals surface area contributed by atoms with Gasteiger partial charge in [0.1, 0.15) is 0 Å². The van der Waals surface area contributed by atoms with Gasteiger partial charge in [0, 0.05) is 11.7 Å². The van der Waals surface area contributed by atoms with Gasteiger partial charge >= 0.3 is 13.1 Å². The second kappa shape index (κ2) is 5.92. The van der Waals surface area contributed by atoms with Crippen molar-refractivity contribution in [3.63, 3.8) is 0 Å². The number of ether oxygens (including phenoxy) is 1. The fraction of sp³-hybridized carbons (Fsp3) is 0.938. The Labute approximate surface area is 129 Å². The highest BCUT2D eigenvalue weighted by atomic mass is 16.7. The summed E-state index contributed by atoms with van der Waals surface area (Å²) in [7, 11) is -0.313. The smallest absolute Gasteiger partial charge is 0.465 e. The molecule has 2 aliphatic rings. The molecule has 0 aromatic rings. The highest BCUT2D eigenvalue weighted by molar-refractivity contribution is 6.50. The minimum Gasteiger partial charge on any atom is -0.466 e. The van der Waals surface area contributed by atoms with Crippen LogP contribution < -0.4 is 0 Å². The average Bonchev–Trinajstić information content (AvgIpc) is 2.60. The van der Waals surface area contributed by atoms with E-state index in [1.165, 1.54) is 6.42 Å². The molecule has 0 atom stereocenters. The first-order valence-electron chi connectivity index (χ1n) is 8.24. The molecule has 1 heterocycles. The van der Waals surface area contributed by atoms with Gasteiger partial charge in [-0.1, -0.05) is 19.3 Å². The van der Waals surface area contributed by atoms with Gasteiger partial charge in [-0.2, -0.15) is 0 Å². The molecule has 1 saturated heterocycles. The normalized spacial score (nSPS) is 26.6. The summed E-state index contributed by atoms with van der Waals surface area (Å²) in [5.74, 6) is -0.130. The van der Waals surface area contributed by atoms with Gasteiger partial charge in [-0.25, -0.2) is 0 Å². The molecular weight excluding hydrogens is 267 g/mol. The Hall–Kier alpha value is -0.545. The van der Waals surface area contributed by atoms with Gasteiger partial charge in [-0.3, -0.25) is 4.79 Å². The SMILES string of the molecule is CCOC(=O)CC1(B2OC(C)(C)C(C)(C)O2)CCCCC1. The van der Waals surface area contributed by atoms with Crippen LogP contribution in [0.15, 0.2) is 0 Å². The monoisotopic (exact) mass is 296 g/mol. The van der Waals surface area contributed by atoms with Gasteiger partial charge in [0.15, 0.2) is 0 Å². The van der Waals surface area contributed by atoms with E-state index in [0.717, 1.165) is 25.7 Å². The van der Waals surface area contributed by atoms with E-state index in [4.69, 9.17) is 14.0 Å². The molecule has 5 heteroatoms. The molecule has 0 aromatic carbocycles. The summed E-state index contributed by atoms with van der Waals surface area (Å²) in [6.07, 6.45) is 5.83. The van der Waals surface area contributed by atoms with E-state index in [2.05, 4.69) is 27.7 Å². The Kier molecular flexibility index (Phi) is 4.74. The molecule has 1 aliphatic heterocycles. The highest BCUT2D eigenvalue weighted by Gasteiger charge is 2.60. The molecule has 0 unspecified atom stereocenters. The van der Waals surface area contributed by atoms with Gasteiger partial charge in [0.05, 0.1) is 17.8 Å². The molecule has 0 radical (unpaired) electrons. The first-order valence-corrected chi connectivity index (χ1v) is 8.24. The minimum atomic E-state index is -0.350. The quantitative estimate of drug-likeness (QED) is 0.585. The predicted octanol–water partition coefficient (Wildman–Crippen LogP) is 3.74. The van der Waals surface area contributed by atoms with Crippen molar-refractivity contribution in [2.45, 2.75) is 89.7 Å². The van der Waals surface area contributed by atoms with Crippen LogP contribution in [0.2, 0.25) is 5.31 Å². The summed E-state index contributed by atoms with van der Waals surface area (Å²) < 4.78 is 17.7. The van der Waals surface area contributed by atoms with Crippen LogP contribution >= 0.6 is 0 Å². The van der Waals surface area contributed by atoms with Crippen molar-refractivity contribution in [3.05, 3.63) is 0 Å². The molecule has 0 aromatic heterocycles. The van der Waals surface area contributed by atoms with Crippen molar-refractivity contribution >= 4 is 13.1 Å². The second-order valence-corrected chi connectivity index (χ2v) is 7.49. The topological polar surface area (TPSA) is 44.8 Å². The Morgan fingerprint density at radius 2 is 1.57 bits per heavy atom. The first kappa shape index (κ1) is 16.8. The zero-order chi connectivity index (χ0) is 15.7. The third kappa shape index (κ3) is 3.29. The zero-order valence-electron chi connectivity index (χ0n) is 14.2. The van der Waals surface area contributed by atoms with Crippen molar-refractivity contribution < 1.29 is 18.8 Å². The molecule has 21 heavy (non-hydrogen) atoms. The standard InChI is InChI=1S/C16H29BO4/c1-6-19-13(18)12-16(10-8-7-9-11-16)17-20-14(2,3)15(4,5)21-17/h6-12H2,1-5H3. The molecular formula is C16H29BO4. The van der Waals surface area contributed by atoms with Gasteiger partial charge in [-0.15, -0.1) is 0 Å². The summed E-state index contributed by atoms with van der Waals surface area (Å²) in [4.78, 5) is 12.1. The molecule has 2 rings (SSSR count). The fourth-order valence-electron chi connectivity index (χ4n) is 3.34. The maximum absolute atomic E-state index is 12.1. The van der Waals surface area contributed by atoms with E-state index < -0.39 is 0 Å². The Morgan fingerprint density at radius 1 is 1.05 bits per heavy atom. The summed E-state index contributed by atoms with van der Waals surface area (Å²) in [5.41, 5.74) is -0.701. The Morgan fingerprint density at radius 3 is 2.05 bits per heavy atom. The van der Waals surface area contributed by atoms with Crippen LogP contribution in [-0.2, 0) is 18.8 Å². The van der Waals surface area contributed by atoms with Gasteiger partial charge in [-0.05, 0) is 47.5 Å². The number of hydrogen-bond acceptors (Lipinski definition) is 4. The third-order valence-electron chi connectivity index (χ3n) is 5.40. The summed E-state index contributed by atoms with van der Waals surface area (Å²) in [5, 5.41) is -0.227. The summed E-state index contributed by atoms with van der Waals surface area (Å²) in [6, 6.07) is 0. The summed E-state index contributed by atoms with van der Waals surface area (Å²) in [6.45, 7) is 10.5. The Balaban J connectivity index is 2.19. The van der Waals surface area contributed by atoms with Crippen LogP contribution in [0.1, 0.15) is 73.1 Å². The summed E-state index contributed by atoms with van der Waals surface area (Å²) >= 11 is 0. The van der Waals surface area contributed by atoms with Crippen molar-refractivity contribution in [2.24, 2.45) is 0 Å². The molecule has 0 bridgehead atoms. The van der Waals surface area contributed by atoms with E-state index in [9.17, 15) is 4.79 Å². The molecule has 1 saturated carbocycles. The minimum absolute atomic E-state index is 0.130. The molecule has 0 N–H and O–H groups in total. The van der Waals surface area contributed by atoms with Crippen LogP contribution in [0.3, 0.4) is 0 Å². The van der Waals surface area contributed by atoms with Crippen molar-refractivity contribution in [3.8, 4) is 0 Å². The largest absolute Gasteiger partial charge is 0.466 e. The lowest BCUT2D eigenvalue weighted by Gasteiger charge is -2.37. The fourth-order valence-corrected chi connectivity index (χ4v) is 3.34. The Bertz CT molecular complexity index is 370. The van der Waals surface area contributed by atoms with Crippen LogP contribution in [0.25, 0.3) is 0 Å². The van der Waals surface area contributed by atoms with E-state index in [-0.39, 0.29) is 29.6 Å². The molecule has 120 valence electrons. The maximum Gasteiger partial charge on any atom is 0.465 e. The zero-order valence-corrected chi connectivity index (χ0v) is 14.2. The maximum atomic E-state index is 12.1. The van der Waals surface area contributed by atoms with Crippen molar-refractivity contribution in [1.82, 2.24) is 0 Å². The van der Waals surface area contributed by atoms with Gasteiger partial charge in [0.25, 0.3) is 0 Å². The number of esters is 1. The lowest BCUT2D eigenvalue weighted by Crippen LogP contribution is -2.41. The van der Waals surface area contributed by atoms with Crippen LogP contribution in [-0.4, -0.2) is 30.9 Å². The van der Waals surface area contributed by atoms with Crippen LogP contribution in [0, 0.1) is 0 Å². The molecule has 0 spiro atoms. The van der Waals surface area contributed by atoms with Crippen molar-refractivity contribution in [2.75, 3.05) is 6.61 Å². The van der Waals surface area contributed by atoms with Gasteiger partial charge in [0.2, 0.25) is 0 Å². The molecule has 4 nitrogen and oxygen atoms in total. The third-order valence-corrected chi connectivity index (χ3v) is 5.40. The van der Waals surface area contributed by atoms with E-state index in [0.29, 0.717) is 13.0 Å². The lowest BCUT2D eigenvalue weighted by atomic mass is 9.49. The molecule has 0 amide bonds. The first-order chi connectivity index (χ1) is 9.72. The number of carbonyl (C=O) groups excluding carboxylic acids is 1. The molecule has 2 fully saturated rings. The van der Waals surface area contributed by atoms with E-state index in [1.807, 2.05) is 6.92 Å². The predicted molar refractivity (Wildman–Crippen MR) is 83.1 cm³/mol. The van der Waals surface area contributed by atoms with Crippen molar-refractivity contribution in [1.29, 1.82) is 0 Å². The molecule has 1 aliphatic carbocycles. The number of carbonyl (C=O) groups is 1. The van der Waals surface area contributed by atoms with Crippen LogP contribution in [0.5, 0.6) is 0 Å². The average molecular weight is 296 g/mol. The number of hydrogen-bond donors (Lipinski definition) is 0.